The van der Waals surface area contributed by atoms with Crippen LogP contribution in [0.3, 0.4) is 0 Å². The summed E-state index contributed by atoms with van der Waals surface area (Å²) in [6.45, 7) is 12.7. The number of aliphatic hydroxyl groups excluding tert-OH is 3. The second kappa shape index (κ2) is 21.1. The van der Waals surface area contributed by atoms with E-state index in [1.54, 1.807) is 0 Å². The van der Waals surface area contributed by atoms with Gasteiger partial charge in [-0.25, -0.2) is 0 Å². The van der Waals surface area contributed by atoms with E-state index in [-0.39, 0.29) is 26.2 Å². The average Bonchev–Trinajstić information content (AvgIpc) is 3.03. The Hall–Kier alpha value is 0.786. The predicted molar refractivity (Wildman–Crippen MR) is 110 cm³/mol. The van der Waals surface area contributed by atoms with Crippen molar-refractivity contribution in [3.63, 3.8) is 0 Å². The molecule has 0 saturated carbocycles. The van der Waals surface area contributed by atoms with Crippen molar-refractivity contribution in [1.29, 1.82) is 0 Å². The zero-order valence-electron chi connectivity index (χ0n) is 18.1. The molecular formula is C20H43GeO3Zr-. The molecule has 0 aromatic heterocycles. The van der Waals surface area contributed by atoms with E-state index < -0.39 is 13.3 Å². The summed E-state index contributed by atoms with van der Waals surface area (Å²) in [5.41, 5.74) is 0. The molecule has 0 fully saturated rings. The zero-order valence-corrected chi connectivity index (χ0v) is 22.6. The summed E-state index contributed by atoms with van der Waals surface area (Å²) in [5, 5.41) is 24.4. The predicted octanol–water partition coefficient (Wildman–Crippen LogP) is 4.45. The van der Waals surface area contributed by atoms with Crippen LogP contribution in [0.5, 0.6) is 0 Å². The van der Waals surface area contributed by atoms with Gasteiger partial charge in [-0.2, -0.15) is 0 Å². The van der Waals surface area contributed by atoms with Crippen LogP contribution in [-0.2, 0) is 26.2 Å². The van der Waals surface area contributed by atoms with Crippen molar-refractivity contribution in [2.24, 2.45) is 17.8 Å². The first-order valence-corrected chi connectivity index (χ1v) is 16.4. The fourth-order valence-corrected chi connectivity index (χ4v) is 3.54. The van der Waals surface area contributed by atoms with Gasteiger partial charge in [0.2, 0.25) is 0 Å². The van der Waals surface area contributed by atoms with Crippen LogP contribution >= 0.6 is 0 Å². The molecule has 3 N–H and O–H groups in total. The van der Waals surface area contributed by atoms with E-state index in [0.29, 0.717) is 37.6 Å². The SMILES string of the molecule is CC(C)CO.CC(C)CO.CC(C)CO.[CH3][Ge]([CH3])([CH3])[C]1=[C-]CC=C1.[Zr]. The number of aliphatic hydroxyl groups is 3. The molecule has 1 rings (SSSR count). The van der Waals surface area contributed by atoms with Crippen LogP contribution in [0.2, 0.25) is 17.3 Å². The van der Waals surface area contributed by atoms with Crippen molar-refractivity contribution in [2.45, 2.75) is 65.2 Å². The zero-order chi connectivity index (χ0) is 19.8. The van der Waals surface area contributed by atoms with Crippen molar-refractivity contribution >= 4 is 13.3 Å². The van der Waals surface area contributed by atoms with Crippen LogP contribution in [0.15, 0.2) is 16.6 Å². The molecule has 25 heavy (non-hydrogen) atoms. The number of allylic oxidation sites excluding steroid dienone is 4. The molecule has 1 aliphatic carbocycles. The summed E-state index contributed by atoms with van der Waals surface area (Å²) in [6.07, 6.45) is 8.89. The van der Waals surface area contributed by atoms with Gasteiger partial charge in [0.1, 0.15) is 0 Å². The topological polar surface area (TPSA) is 60.7 Å². The standard InChI is InChI=1S/C8H13Ge.3C4H10O.Zr/c1-9(2,3)8-6-4-5-7-8;3*1-4(2)3-5;/h4,6H,5H2,1-3H3;3*4-5H,3H2,1-2H3;/q-1;;;;. The summed E-state index contributed by atoms with van der Waals surface area (Å²) in [4.78, 5) is 0. The van der Waals surface area contributed by atoms with Gasteiger partial charge in [-0.05, 0) is 17.8 Å². The molecule has 0 atom stereocenters. The molecule has 0 unspecified atom stereocenters. The van der Waals surface area contributed by atoms with Crippen LogP contribution in [0.25, 0.3) is 0 Å². The third kappa shape index (κ3) is 32.9. The van der Waals surface area contributed by atoms with Crippen molar-refractivity contribution in [3.05, 3.63) is 22.6 Å². The molecule has 0 saturated heterocycles. The minimum atomic E-state index is -1.46. The Morgan fingerprint density at radius 3 is 1.20 bits per heavy atom. The Labute approximate surface area is 179 Å². The van der Waals surface area contributed by atoms with Gasteiger partial charge in [-0.15, -0.1) is 0 Å². The normalized spacial score (nSPS) is 12.4. The molecule has 0 heterocycles. The Bertz CT molecular complexity index is 300. The average molecular weight is 495 g/mol. The number of rotatable bonds is 4. The monoisotopic (exact) mass is 495 g/mol. The van der Waals surface area contributed by atoms with Gasteiger partial charge in [0.05, 0.1) is 0 Å². The maximum Gasteiger partial charge on any atom is 0 e. The summed E-state index contributed by atoms with van der Waals surface area (Å²) in [5.74, 6) is 8.52. The third-order valence-electron chi connectivity index (χ3n) is 2.60. The fourth-order valence-electron chi connectivity index (χ4n) is 0.920. The van der Waals surface area contributed by atoms with Gasteiger partial charge in [0.25, 0.3) is 0 Å². The van der Waals surface area contributed by atoms with E-state index in [2.05, 4.69) is 35.5 Å². The first kappa shape index (κ1) is 33.4. The van der Waals surface area contributed by atoms with E-state index in [4.69, 9.17) is 15.3 Å². The van der Waals surface area contributed by atoms with Gasteiger partial charge in [-0.1, -0.05) is 41.5 Å². The maximum absolute atomic E-state index is 8.14. The second-order valence-corrected chi connectivity index (χ2v) is 18.7. The summed E-state index contributed by atoms with van der Waals surface area (Å²) in [7, 11) is 0. The Morgan fingerprint density at radius 2 is 1.12 bits per heavy atom. The van der Waals surface area contributed by atoms with Gasteiger partial charge in [-0.3, -0.25) is 0 Å². The quantitative estimate of drug-likeness (QED) is 0.399. The van der Waals surface area contributed by atoms with Crippen molar-refractivity contribution < 1.29 is 41.5 Å². The summed E-state index contributed by atoms with van der Waals surface area (Å²) < 4.78 is 1.54. The van der Waals surface area contributed by atoms with Crippen LogP contribution < -0.4 is 0 Å². The van der Waals surface area contributed by atoms with Crippen LogP contribution in [-0.4, -0.2) is 48.4 Å². The molecule has 0 aliphatic heterocycles. The molecule has 150 valence electrons. The molecule has 0 bridgehead atoms. The van der Waals surface area contributed by atoms with Crippen LogP contribution in [0.1, 0.15) is 48.0 Å². The van der Waals surface area contributed by atoms with Gasteiger partial charge >= 0.3 is 59.6 Å². The molecule has 1 aliphatic rings. The summed E-state index contributed by atoms with van der Waals surface area (Å²) in [6, 6.07) is 0. The van der Waals surface area contributed by atoms with Gasteiger partial charge in [0, 0.05) is 46.0 Å². The maximum atomic E-state index is 8.14. The second-order valence-electron chi connectivity index (χ2n) is 8.18. The first-order chi connectivity index (χ1) is 10.9. The van der Waals surface area contributed by atoms with E-state index in [9.17, 15) is 0 Å². The minimum absolute atomic E-state index is 0. The van der Waals surface area contributed by atoms with Crippen molar-refractivity contribution in [3.8, 4) is 0 Å². The molecule has 5 heteroatoms. The van der Waals surface area contributed by atoms with Gasteiger partial charge < -0.3 is 15.3 Å². The molecule has 0 aromatic rings. The molecule has 0 radical (unpaired) electrons. The molecule has 3 nitrogen and oxygen atoms in total. The van der Waals surface area contributed by atoms with E-state index >= 15 is 0 Å². The van der Waals surface area contributed by atoms with Gasteiger partial charge in [0.15, 0.2) is 0 Å². The third-order valence-corrected chi connectivity index (χ3v) is 6.71. The minimum Gasteiger partial charge on any atom is 0 e. The van der Waals surface area contributed by atoms with Crippen molar-refractivity contribution in [2.75, 3.05) is 19.8 Å². The van der Waals surface area contributed by atoms with Crippen molar-refractivity contribution in [1.82, 2.24) is 0 Å². The van der Waals surface area contributed by atoms with E-state index in [1.807, 2.05) is 41.5 Å². The summed E-state index contributed by atoms with van der Waals surface area (Å²) >= 11 is -1.46. The molecule has 0 aromatic carbocycles. The Kier molecular flexibility index (Phi) is 28.2. The molecular weight excluding hydrogens is 452 g/mol. The van der Waals surface area contributed by atoms with Crippen LogP contribution in [0.4, 0.5) is 0 Å². The number of hydrogen-bond acceptors (Lipinski definition) is 3. The molecule has 0 spiro atoms. The van der Waals surface area contributed by atoms with E-state index in [1.165, 1.54) is 4.41 Å². The largest absolute Gasteiger partial charge is 0 e. The molecule has 0 amide bonds. The first-order valence-electron chi connectivity index (χ1n) is 9.02. The number of hydrogen-bond donors (Lipinski definition) is 3. The Balaban J connectivity index is -0.000000122. The fraction of sp³-hybridized carbons (Fsp3) is 0.800. The Morgan fingerprint density at radius 1 is 0.840 bits per heavy atom. The van der Waals surface area contributed by atoms with E-state index in [0.717, 1.165) is 6.42 Å². The smallest absolute Gasteiger partial charge is 0 e. The van der Waals surface area contributed by atoms with Crippen LogP contribution in [0, 0.1) is 23.8 Å².